The summed E-state index contributed by atoms with van der Waals surface area (Å²) in [4.78, 5) is 4.29. The fourth-order valence-corrected chi connectivity index (χ4v) is 2.74. The zero-order valence-electron chi connectivity index (χ0n) is 10.1. The fraction of sp³-hybridized carbons (Fsp3) is 0.615. The summed E-state index contributed by atoms with van der Waals surface area (Å²) in [5.41, 5.74) is 6.63. The molecule has 0 spiro atoms. The zero-order valence-corrected chi connectivity index (χ0v) is 10.1. The van der Waals surface area contributed by atoms with Crippen molar-refractivity contribution in [2.75, 3.05) is 11.1 Å². The van der Waals surface area contributed by atoms with Crippen molar-refractivity contribution in [3.63, 3.8) is 0 Å². The smallest absolute Gasteiger partial charge is 0.149 e. The minimum Gasteiger partial charge on any atom is -0.396 e. The van der Waals surface area contributed by atoms with Gasteiger partial charge in [-0.15, -0.1) is 0 Å². The number of hydrogen-bond acceptors (Lipinski definition) is 3. The molecule has 3 heteroatoms. The molecule has 16 heavy (non-hydrogen) atoms. The van der Waals surface area contributed by atoms with Crippen molar-refractivity contribution in [3.8, 4) is 0 Å². The molecule has 3 unspecified atom stereocenters. The van der Waals surface area contributed by atoms with Crippen LogP contribution in [0.4, 0.5) is 11.5 Å². The normalized spacial score (nSPS) is 29.2. The SMILES string of the molecule is CCC1CCC(Nc2ncccc2N)C1C. The van der Waals surface area contributed by atoms with Gasteiger partial charge in [-0.1, -0.05) is 20.3 Å². The molecule has 3 atom stereocenters. The number of nitrogens with one attached hydrogen (secondary N) is 1. The summed E-state index contributed by atoms with van der Waals surface area (Å²) in [7, 11) is 0. The first-order chi connectivity index (χ1) is 7.72. The maximum atomic E-state index is 5.89. The summed E-state index contributed by atoms with van der Waals surface area (Å²) < 4.78 is 0. The molecule has 0 radical (unpaired) electrons. The average Bonchev–Trinajstić information content (AvgIpc) is 2.63. The molecule has 0 aliphatic heterocycles. The lowest BCUT2D eigenvalue weighted by molar-refractivity contribution is 0.391. The molecule has 1 aromatic heterocycles. The summed E-state index contributed by atoms with van der Waals surface area (Å²) in [6.45, 7) is 4.61. The van der Waals surface area contributed by atoms with Gasteiger partial charge >= 0.3 is 0 Å². The van der Waals surface area contributed by atoms with Gasteiger partial charge < -0.3 is 11.1 Å². The van der Waals surface area contributed by atoms with Crippen molar-refractivity contribution in [2.24, 2.45) is 11.8 Å². The summed E-state index contributed by atoms with van der Waals surface area (Å²) in [5.74, 6) is 2.41. The van der Waals surface area contributed by atoms with Gasteiger partial charge in [0.1, 0.15) is 5.82 Å². The van der Waals surface area contributed by atoms with Gasteiger partial charge in [-0.05, 0) is 36.8 Å². The molecule has 1 heterocycles. The van der Waals surface area contributed by atoms with Gasteiger partial charge in [-0.2, -0.15) is 0 Å². The molecule has 0 bridgehead atoms. The topological polar surface area (TPSA) is 50.9 Å². The van der Waals surface area contributed by atoms with E-state index in [1.165, 1.54) is 19.3 Å². The van der Waals surface area contributed by atoms with E-state index in [1.807, 2.05) is 12.1 Å². The Labute approximate surface area is 97.5 Å². The number of nitrogen functional groups attached to an aromatic ring is 1. The molecular weight excluding hydrogens is 198 g/mol. The van der Waals surface area contributed by atoms with Crippen molar-refractivity contribution in [1.29, 1.82) is 0 Å². The second-order valence-corrected chi connectivity index (χ2v) is 4.80. The first-order valence-electron chi connectivity index (χ1n) is 6.19. The Morgan fingerprint density at radius 2 is 2.31 bits per heavy atom. The van der Waals surface area contributed by atoms with Crippen LogP contribution in [-0.4, -0.2) is 11.0 Å². The Morgan fingerprint density at radius 1 is 1.50 bits per heavy atom. The molecule has 88 valence electrons. The molecule has 2 rings (SSSR count). The Kier molecular flexibility index (Phi) is 3.32. The van der Waals surface area contributed by atoms with E-state index in [0.29, 0.717) is 12.0 Å². The van der Waals surface area contributed by atoms with E-state index >= 15 is 0 Å². The van der Waals surface area contributed by atoms with Gasteiger partial charge in [0.25, 0.3) is 0 Å². The summed E-state index contributed by atoms with van der Waals surface area (Å²) in [6, 6.07) is 4.29. The molecule has 1 aliphatic carbocycles. The van der Waals surface area contributed by atoms with Crippen LogP contribution in [0.15, 0.2) is 18.3 Å². The van der Waals surface area contributed by atoms with E-state index < -0.39 is 0 Å². The van der Waals surface area contributed by atoms with Crippen molar-refractivity contribution in [2.45, 2.75) is 39.2 Å². The predicted octanol–water partition coefficient (Wildman–Crippen LogP) is 2.90. The van der Waals surface area contributed by atoms with Crippen molar-refractivity contribution >= 4 is 11.5 Å². The van der Waals surface area contributed by atoms with Gasteiger partial charge in [0.2, 0.25) is 0 Å². The molecule has 1 aliphatic rings. The van der Waals surface area contributed by atoms with Crippen LogP contribution >= 0.6 is 0 Å². The van der Waals surface area contributed by atoms with Crippen molar-refractivity contribution in [3.05, 3.63) is 18.3 Å². The molecule has 0 saturated heterocycles. The lowest BCUT2D eigenvalue weighted by Gasteiger charge is -2.22. The van der Waals surface area contributed by atoms with Gasteiger partial charge in [0.15, 0.2) is 0 Å². The zero-order chi connectivity index (χ0) is 11.5. The van der Waals surface area contributed by atoms with Gasteiger partial charge in [-0.3, -0.25) is 0 Å². The van der Waals surface area contributed by atoms with Crippen molar-refractivity contribution in [1.82, 2.24) is 4.98 Å². The monoisotopic (exact) mass is 219 g/mol. The van der Waals surface area contributed by atoms with E-state index in [2.05, 4.69) is 24.1 Å². The maximum Gasteiger partial charge on any atom is 0.149 e. The maximum absolute atomic E-state index is 5.89. The van der Waals surface area contributed by atoms with Crippen LogP contribution in [0.25, 0.3) is 0 Å². The number of nitrogens with two attached hydrogens (primary N) is 1. The third-order valence-electron chi connectivity index (χ3n) is 3.91. The van der Waals surface area contributed by atoms with Crippen LogP contribution in [0.5, 0.6) is 0 Å². The minimum absolute atomic E-state index is 0.530. The molecular formula is C13H21N3. The highest BCUT2D eigenvalue weighted by atomic mass is 15.0. The van der Waals surface area contributed by atoms with E-state index in [-0.39, 0.29) is 0 Å². The van der Waals surface area contributed by atoms with Crippen LogP contribution in [-0.2, 0) is 0 Å². The molecule has 0 aromatic carbocycles. The van der Waals surface area contributed by atoms with Crippen LogP contribution < -0.4 is 11.1 Å². The third-order valence-corrected chi connectivity index (χ3v) is 3.91. The highest BCUT2D eigenvalue weighted by Crippen LogP contribution is 2.35. The van der Waals surface area contributed by atoms with E-state index in [4.69, 9.17) is 5.73 Å². The molecule has 1 saturated carbocycles. The average molecular weight is 219 g/mol. The summed E-state index contributed by atoms with van der Waals surface area (Å²) in [5, 5.41) is 3.49. The van der Waals surface area contributed by atoms with Crippen LogP contribution in [0, 0.1) is 11.8 Å². The van der Waals surface area contributed by atoms with E-state index in [1.54, 1.807) is 6.20 Å². The highest BCUT2D eigenvalue weighted by molar-refractivity contribution is 5.60. The predicted molar refractivity (Wildman–Crippen MR) is 68.2 cm³/mol. The Bertz CT molecular complexity index is 351. The molecule has 0 amide bonds. The number of nitrogens with zero attached hydrogens (tertiary/aromatic N) is 1. The summed E-state index contributed by atoms with van der Waals surface area (Å²) >= 11 is 0. The Morgan fingerprint density at radius 3 is 2.94 bits per heavy atom. The van der Waals surface area contributed by atoms with Crippen LogP contribution in [0.3, 0.4) is 0 Å². The second-order valence-electron chi connectivity index (χ2n) is 4.80. The lowest BCUT2D eigenvalue weighted by Crippen LogP contribution is -2.25. The van der Waals surface area contributed by atoms with Gasteiger partial charge in [0.05, 0.1) is 5.69 Å². The molecule has 1 fully saturated rings. The molecule has 3 N–H and O–H groups in total. The van der Waals surface area contributed by atoms with E-state index in [9.17, 15) is 0 Å². The van der Waals surface area contributed by atoms with Crippen LogP contribution in [0.1, 0.15) is 33.1 Å². The number of aromatic nitrogens is 1. The quantitative estimate of drug-likeness (QED) is 0.821. The highest BCUT2D eigenvalue weighted by Gasteiger charge is 2.31. The summed E-state index contributed by atoms with van der Waals surface area (Å²) in [6.07, 6.45) is 5.62. The minimum atomic E-state index is 0.530. The number of hydrogen-bond donors (Lipinski definition) is 2. The second kappa shape index (κ2) is 4.73. The largest absolute Gasteiger partial charge is 0.396 e. The fourth-order valence-electron chi connectivity index (χ4n) is 2.74. The van der Waals surface area contributed by atoms with Gasteiger partial charge in [0, 0.05) is 12.2 Å². The van der Waals surface area contributed by atoms with Gasteiger partial charge in [-0.25, -0.2) is 4.98 Å². The first kappa shape index (κ1) is 11.2. The molecule has 3 nitrogen and oxygen atoms in total. The lowest BCUT2D eigenvalue weighted by atomic mass is 9.93. The number of rotatable bonds is 3. The number of anilines is 2. The van der Waals surface area contributed by atoms with E-state index in [0.717, 1.165) is 17.4 Å². The standard InChI is InChI=1S/C13H21N3/c1-3-10-6-7-12(9(10)2)16-13-11(14)5-4-8-15-13/h4-5,8-10,12H,3,6-7,14H2,1-2H3,(H,15,16). The molecule has 1 aromatic rings. The Hall–Kier alpha value is -1.25. The number of pyridine rings is 1. The Balaban J connectivity index is 2.04. The third kappa shape index (κ3) is 2.13. The van der Waals surface area contributed by atoms with Crippen LogP contribution in [0.2, 0.25) is 0 Å². The first-order valence-corrected chi connectivity index (χ1v) is 6.19. The van der Waals surface area contributed by atoms with Crippen molar-refractivity contribution < 1.29 is 0 Å².